The van der Waals surface area contributed by atoms with Crippen LogP contribution in [0.2, 0.25) is 0 Å². The molecule has 3 aromatic rings. The van der Waals surface area contributed by atoms with Gasteiger partial charge < -0.3 is 10.8 Å². The van der Waals surface area contributed by atoms with Crippen molar-refractivity contribution in [2.75, 3.05) is 5.73 Å². The summed E-state index contributed by atoms with van der Waals surface area (Å²) in [5.74, 6) is 0.170. The van der Waals surface area contributed by atoms with Gasteiger partial charge in [-0.2, -0.15) is 0 Å². The molecule has 3 nitrogen and oxygen atoms in total. The average molecular weight is 242 g/mol. The molecule has 0 radical (unpaired) electrons. The lowest BCUT2D eigenvalue weighted by atomic mass is 10.1. The molecule has 0 amide bonds. The molecule has 0 fully saturated rings. The van der Waals surface area contributed by atoms with E-state index in [4.69, 9.17) is 5.73 Å². The van der Waals surface area contributed by atoms with Crippen LogP contribution in [0.25, 0.3) is 20.8 Å². The van der Waals surface area contributed by atoms with Gasteiger partial charge in [0.2, 0.25) is 0 Å². The molecule has 3 N–H and O–H groups in total. The molecule has 17 heavy (non-hydrogen) atoms. The number of nitrogens with two attached hydrogens (primary N) is 1. The molecule has 3 rings (SSSR count). The number of nitrogen functional groups attached to an aromatic ring is 1. The molecule has 1 heterocycles. The Hall–Kier alpha value is -2.07. The first kappa shape index (κ1) is 10.1. The van der Waals surface area contributed by atoms with Gasteiger partial charge >= 0.3 is 0 Å². The lowest BCUT2D eigenvalue weighted by Gasteiger charge is -2.03. The third-order valence-electron chi connectivity index (χ3n) is 2.58. The Morgan fingerprint density at radius 2 is 1.88 bits per heavy atom. The van der Waals surface area contributed by atoms with Crippen LogP contribution in [-0.2, 0) is 0 Å². The minimum atomic E-state index is 0.170. The number of thiazole rings is 1. The number of aromatic nitrogens is 1. The van der Waals surface area contributed by atoms with Crippen LogP contribution < -0.4 is 5.73 Å². The molecule has 0 spiro atoms. The second kappa shape index (κ2) is 3.75. The molecule has 0 unspecified atom stereocenters. The Bertz CT molecular complexity index is 637. The van der Waals surface area contributed by atoms with Crippen LogP contribution in [0.15, 0.2) is 42.5 Å². The number of phenols is 1. The van der Waals surface area contributed by atoms with Gasteiger partial charge in [0.05, 0.1) is 15.8 Å². The topological polar surface area (TPSA) is 59.1 Å². The molecular weight excluding hydrogens is 232 g/mol. The van der Waals surface area contributed by atoms with E-state index in [1.807, 2.05) is 24.3 Å². The lowest BCUT2D eigenvalue weighted by Crippen LogP contribution is -1.89. The van der Waals surface area contributed by atoms with E-state index in [2.05, 4.69) is 4.98 Å². The van der Waals surface area contributed by atoms with Crippen molar-refractivity contribution in [1.82, 2.24) is 4.98 Å². The van der Waals surface area contributed by atoms with E-state index < -0.39 is 0 Å². The molecular formula is C13H10N2OS. The minimum Gasteiger partial charge on any atom is -0.507 e. The van der Waals surface area contributed by atoms with E-state index in [1.165, 1.54) is 11.3 Å². The number of hydrogen-bond acceptors (Lipinski definition) is 4. The number of aromatic hydroxyl groups is 1. The highest BCUT2D eigenvalue weighted by atomic mass is 32.1. The predicted octanol–water partition coefficient (Wildman–Crippen LogP) is 3.25. The Labute approximate surface area is 102 Å². The summed E-state index contributed by atoms with van der Waals surface area (Å²) in [4.78, 5) is 4.48. The summed E-state index contributed by atoms with van der Waals surface area (Å²) < 4.78 is 1.09. The fraction of sp³-hybridized carbons (Fsp3) is 0. The van der Waals surface area contributed by atoms with Crippen LogP contribution in [0, 0.1) is 0 Å². The highest BCUT2D eigenvalue weighted by Crippen LogP contribution is 2.38. The van der Waals surface area contributed by atoms with Gasteiger partial charge in [-0.3, -0.25) is 0 Å². The van der Waals surface area contributed by atoms with Crippen molar-refractivity contribution in [3.63, 3.8) is 0 Å². The molecule has 0 aliphatic heterocycles. The standard InChI is InChI=1S/C13H10N2OS/c14-8-4-3-6-10(16)12(8)13-15-9-5-1-2-7-11(9)17-13/h1-7,16H,14H2. The lowest BCUT2D eigenvalue weighted by molar-refractivity contribution is 0.477. The Kier molecular flexibility index (Phi) is 2.23. The zero-order valence-electron chi connectivity index (χ0n) is 8.92. The molecule has 0 bridgehead atoms. The van der Waals surface area contributed by atoms with Crippen molar-refractivity contribution in [2.45, 2.75) is 0 Å². The third kappa shape index (κ3) is 1.62. The van der Waals surface area contributed by atoms with E-state index in [-0.39, 0.29) is 5.75 Å². The summed E-state index contributed by atoms with van der Waals surface area (Å²) in [6.07, 6.45) is 0. The summed E-state index contributed by atoms with van der Waals surface area (Å²) >= 11 is 1.53. The van der Waals surface area contributed by atoms with Gasteiger partial charge in [0.25, 0.3) is 0 Å². The van der Waals surface area contributed by atoms with E-state index in [1.54, 1.807) is 18.2 Å². The number of benzene rings is 2. The van der Waals surface area contributed by atoms with Crippen LogP contribution >= 0.6 is 11.3 Å². The van der Waals surface area contributed by atoms with Gasteiger partial charge in [-0.15, -0.1) is 11.3 Å². The van der Waals surface area contributed by atoms with Crippen LogP contribution in [0.5, 0.6) is 5.75 Å². The zero-order valence-corrected chi connectivity index (χ0v) is 9.74. The number of para-hydroxylation sites is 1. The van der Waals surface area contributed by atoms with Crippen LogP contribution in [0.1, 0.15) is 0 Å². The number of phenolic OH excluding ortho intramolecular Hbond substituents is 1. The van der Waals surface area contributed by atoms with Gasteiger partial charge in [0.15, 0.2) is 0 Å². The summed E-state index contributed by atoms with van der Waals surface area (Å²) in [5, 5.41) is 10.6. The largest absolute Gasteiger partial charge is 0.507 e. The molecule has 0 aliphatic rings. The SMILES string of the molecule is Nc1cccc(O)c1-c1nc2ccccc2s1. The monoisotopic (exact) mass is 242 g/mol. The molecule has 0 atom stereocenters. The van der Waals surface area contributed by atoms with Gasteiger partial charge in [-0.05, 0) is 24.3 Å². The van der Waals surface area contributed by atoms with Gasteiger partial charge in [-0.25, -0.2) is 4.98 Å². The zero-order chi connectivity index (χ0) is 11.8. The van der Waals surface area contributed by atoms with Crippen LogP contribution in [0.4, 0.5) is 5.69 Å². The second-order valence-corrected chi connectivity index (χ2v) is 4.76. The molecule has 0 saturated carbocycles. The van der Waals surface area contributed by atoms with E-state index in [0.717, 1.165) is 15.2 Å². The number of nitrogens with zero attached hydrogens (tertiary/aromatic N) is 1. The normalized spacial score (nSPS) is 10.8. The molecule has 84 valence electrons. The first-order valence-corrected chi connectivity index (χ1v) is 6.01. The maximum absolute atomic E-state index is 9.86. The van der Waals surface area contributed by atoms with Crippen molar-refractivity contribution < 1.29 is 5.11 Å². The summed E-state index contributed by atoms with van der Waals surface area (Å²) in [6.45, 7) is 0. The second-order valence-electron chi connectivity index (χ2n) is 3.73. The fourth-order valence-electron chi connectivity index (χ4n) is 1.77. The van der Waals surface area contributed by atoms with Crippen molar-refractivity contribution in [3.05, 3.63) is 42.5 Å². The van der Waals surface area contributed by atoms with Gasteiger partial charge in [0, 0.05) is 5.69 Å². The van der Waals surface area contributed by atoms with Crippen LogP contribution in [-0.4, -0.2) is 10.1 Å². The van der Waals surface area contributed by atoms with Gasteiger partial charge in [0.1, 0.15) is 10.8 Å². The van der Waals surface area contributed by atoms with Crippen molar-refractivity contribution in [1.29, 1.82) is 0 Å². The van der Waals surface area contributed by atoms with Crippen LogP contribution in [0.3, 0.4) is 0 Å². The highest BCUT2D eigenvalue weighted by Gasteiger charge is 2.12. The summed E-state index contributed by atoms with van der Waals surface area (Å²) in [6, 6.07) is 13.0. The van der Waals surface area contributed by atoms with E-state index in [0.29, 0.717) is 11.3 Å². The molecule has 4 heteroatoms. The first-order chi connectivity index (χ1) is 8.25. The van der Waals surface area contributed by atoms with Crippen molar-refractivity contribution in [3.8, 4) is 16.3 Å². The highest BCUT2D eigenvalue weighted by molar-refractivity contribution is 7.21. The molecule has 0 saturated heterocycles. The maximum atomic E-state index is 9.86. The Morgan fingerprint density at radius 3 is 2.65 bits per heavy atom. The Balaban J connectivity index is 2.27. The van der Waals surface area contributed by atoms with Crippen molar-refractivity contribution >= 4 is 27.2 Å². The molecule has 2 aromatic carbocycles. The summed E-state index contributed by atoms with van der Waals surface area (Å²) in [5.41, 5.74) is 7.97. The average Bonchev–Trinajstić information content (AvgIpc) is 2.71. The predicted molar refractivity (Wildman–Crippen MR) is 71.1 cm³/mol. The molecule has 0 aliphatic carbocycles. The quantitative estimate of drug-likeness (QED) is 0.644. The number of anilines is 1. The number of fused-ring (bicyclic) bond motifs is 1. The maximum Gasteiger partial charge on any atom is 0.130 e. The van der Waals surface area contributed by atoms with Gasteiger partial charge in [-0.1, -0.05) is 18.2 Å². The van der Waals surface area contributed by atoms with E-state index >= 15 is 0 Å². The van der Waals surface area contributed by atoms with E-state index in [9.17, 15) is 5.11 Å². The number of rotatable bonds is 1. The Morgan fingerprint density at radius 1 is 1.06 bits per heavy atom. The van der Waals surface area contributed by atoms with Crippen molar-refractivity contribution in [2.24, 2.45) is 0 Å². The smallest absolute Gasteiger partial charge is 0.130 e. The fourth-order valence-corrected chi connectivity index (χ4v) is 2.81. The first-order valence-electron chi connectivity index (χ1n) is 5.19. The molecule has 1 aromatic heterocycles. The summed E-state index contributed by atoms with van der Waals surface area (Å²) in [7, 11) is 0. The minimum absolute atomic E-state index is 0.170. The third-order valence-corrected chi connectivity index (χ3v) is 3.64. The number of hydrogen-bond donors (Lipinski definition) is 2.